The second kappa shape index (κ2) is 3.80. The molecule has 0 amide bonds. The molecule has 2 rings (SSSR count). The summed E-state index contributed by atoms with van der Waals surface area (Å²) in [5.41, 5.74) is 0.802. The van der Waals surface area contributed by atoms with Crippen molar-refractivity contribution in [2.45, 2.75) is 6.92 Å². The molecule has 0 fully saturated rings. The van der Waals surface area contributed by atoms with Gasteiger partial charge in [0, 0.05) is 5.02 Å². The average molecular weight is 209 g/mol. The van der Waals surface area contributed by atoms with E-state index in [-0.39, 0.29) is 0 Å². The predicted molar refractivity (Wildman–Crippen MR) is 55.7 cm³/mol. The number of hydrogen-bond donors (Lipinski definition) is 0. The molecule has 0 saturated carbocycles. The summed E-state index contributed by atoms with van der Waals surface area (Å²) in [6, 6.07) is 5.46. The van der Waals surface area contributed by atoms with Crippen LogP contribution in [0.15, 0.2) is 24.5 Å². The Bertz CT molecular complexity index is 459. The monoisotopic (exact) mass is 208 g/mol. The normalized spacial score (nSPS) is 10.4. The quantitative estimate of drug-likeness (QED) is 0.761. The lowest BCUT2D eigenvalue weighted by Gasteiger charge is -2.04. The molecule has 0 atom stereocenters. The minimum atomic E-state index is 0.592. The molecule has 72 valence electrons. The molecule has 0 radical (unpaired) electrons. The lowest BCUT2D eigenvalue weighted by atomic mass is 10.2. The summed E-state index contributed by atoms with van der Waals surface area (Å²) < 4.78 is 5.36. The molecule has 1 heterocycles. The molecule has 14 heavy (non-hydrogen) atoms. The van der Waals surface area contributed by atoms with Crippen molar-refractivity contribution in [2.75, 3.05) is 6.61 Å². The zero-order valence-electron chi connectivity index (χ0n) is 7.70. The molecule has 0 bridgehead atoms. The first-order chi connectivity index (χ1) is 6.81. The lowest BCUT2D eigenvalue weighted by Crippen LogP contribution is -1.95. The van der Waals surface area contributed by atoms with Gasteiger partial charge in [-0.1, -0.05) is 11.6 Å². The summed E-state index contributed by atoms with van der Waals surface area (Å²) in [5, 5.41) is 1.55. The Morgan fingerprint density at radius 1 is 1.36 bits per heavy atom. The number of halogens is 1. The molecule has 0 aliphatic rings. The number of fused-ring (bicyclic) bond motifs is 1. The number of nitrogens with zero attached hydrogens (tertiary/aromatic N) is 2. The predicted octanol–water partition coefficient (Wildman–Crippen LogP) is 2.68. The van der Waals surface area contributed by atoms with Gasteiger partial charge in [0.05, 0.1) is 17.5 Å². The average Bonchev–Trinajstić information content (AvgIpc) is 2.18. The van der Waals surface area contributed by atoms with Gasteiger partial charge in [0.1, 0.15) is 6.33 Å². The fourth-order valence-electron chi connectivity index (χ4n) is 1.26. The van der Waals surface area contributed by atoms with Crippen LogP contribution in [0.1, 0.15) is 6.92 Å². The van der Waals surface area contributed by atoms with E-state index >= 15 is 0 Å². The van der Waals surface area contributed by atoms with E-state index in [1.54, 1.807) is 12.1 Å². The molecule has 1 aromatic carbocycles. The van der Waals surface area contributed by atoms with Crippen molar-refractivity contribution in [3.63, 3.8) is 0 Å². The summed E-state index contributed by atoms with van der Waals surface area (Å²) in [6.45, 7) is 2.51. The first kappa shape index (κ1) is 9.21. The van der Waals surface area contributed by atoms with E-state index in [1.165, 1.54) is 6.33 Å². The summed E-state index contributed by atoms with van der Waals surface area (Å²) in [7, 11) is 0. The standard InChI is InChI=1S/C10H9ClN2O/c1-2-14-10-8-4-3-7(11)5-9(8)12-6-13-10/h3-6H,2H2,1H3. The number of aromatic nitrogens is 2. The van der Waals surface area contributed by atoms with Crippen LogP contribution in [0.2, 0.25) is 5.02 Å². The van der Waals surface area contributed by atoms with Gasteiger partial charge in [-0.25, -0.2) is 9.97 Å². The number of ether oxygens (including phenoxy) is 1. The van der Waals surface area contributed by atoms with Gasteiger partial charge in [-0.15, -0.1) is 0 Å². The highest BCUT2D eigenvalue weighted by molar-refractivity contribution is 6.31. The van der Waals surface area contributed by atoms with E-state index in [1.807, 2.05) is 13.0 Å². The van der Waals surface area contributed by atoms with E-state index in [0.29, 0.717) is 17.5 Å². The van der Waals surface area contributed by atoms with Gasteiger partial charge in [-0.05, 0) is 25.1 Å². The van der Waals surface area contributed by atoms with Gasteiger partial charge in [0.15, 0.2) is 0 Å². The first-order valence-electron chi connectivity index (χ1n) is 4.34. The fraction of sp³-hybridized carbons (Fsp3) is 0.200. The third-order valence-corrected chi connectivity index (χ3v) is 2.08. The molecule has 0 aliphatic heterocycles. The summed E-state index contributed by atoms with van der Waals surface area (Å²) in [4.78, 5) is 8.16. The van der Waals surface area contributed by atoms with Crippen LogP contribution in [0.3, 0.4) is 0 Å². The molecule has 0 unspecified atom stereocenters. The first-order valence-corrected chi connectivity index (χ1v) is 4.72. The minimum Gasteiger partial charge on any atom is -0.477 e. The highest BCUT2D eigenvalue weighted by Crippen LogP contribution is 2.23. The smallest absolute Gasteiger partial charge is 0.224 e. The number of hydrogen-bond acceptors (Lipinski definition) is 3. The van der Waals surface area contributed by atoms with E-state index in [2.05, 4.69) is 9.97 Å². The van der Waals surface area contributed by atoms with Crippen molar-refractivity contribution in [3.05, 3.63) is 29.5 Å². The molecular weight excluding hydrogens is 200 g/mol. The number of rotatable bonds is 2. The molecule has 3 nitrogen and oxygen atoms in total. The maximum atomic E-state index is 5.85. The summed E-state index contributed by atoms with van der Waals surface area (Å²) in [6.07, 6.45) is 1.48. The maximum Gasteiger partial charge on any atom is 0.224 e. The van der Waals surface area contributed by atoms with Gasteiger partial charge in [0.25, 0.3) is 0 Å². The molecule has 4 heteroatoms. The topological polar surface area (TPSA) is 35.0 Å². The van der Waals surface area contributed by atoms with Gasteiger partial charge in [0.2, 0.25) is 5.88 Å². The molecular formula is C10H9ClN2O. The van der Waals surface area contributed by atoms with Crippen molar-refractivity contribution < 1.29 is 4.74 Å². The Balaban J connectivity index is 2.62. The van der Waals surface area contributed by atoms with Crippen LogP contribution in [-0.2, 0) is 0 Å². The Morgan fingerprint density at radius 2 is 2.21 bits per heavy atom. The third kappa shape index (κ3) is 1.63. The highest BCUT2D eigenvalue weighted by Gasteiger charge is 2.03. The fourth-order valence-corrected chi connectivity index (χ4v) is 1.42. The Labute approximate surface area is 86.7 Å². The Morgan fingerprint density at radius 3 is 3.00 bits per heavy atom. The van der Waals surface area contributed by atoms with Crippen molar-refractivity contribution in [1.82, 2.24) is 9.97 Å². The van der Waals surface area contributed by atoms with Crippen molar-refractivity contribution in [2.24, 2.45) is 0 Å². The third-order valence-electron chi connectivity index (χ3n) is 1.84. The second-order valence-electron chi connectivity index (χ2n) is 2.77. The molecule has 0 saturated heterocycles. The van der Waals surface area contributed by atoms with Crippen LogP contribution >= 0.6 is 11.6 Å². The van der Waals surface area contributed by atoms with Gasteiger partial charge in [-0.2, -0.15) is 0 Å². The zero-order valence-corrected chi connectivity index (χ0v) is 8.45. The maximum absolute atomic E-state index is 5.85. The summed E-state index contributed by atoms with van der Waals surface area (Å²) in [5.74, 6) is 0.606. The van der Waals surface area contributed by atoms with Gasteiger partial charge >= 0.3 is 0 Å². The summed E-state index contributed by atoms with van der Waals surface area (Å²) >= 11 is 5.85. The van der Waals surface area contributed by atoms with Crippen LogP contribution in [0.25, 0.3) is 10.9 Å². The van der Waals surface area contributed by atoms with Crippen molar-refractivity contribution >= 4 is 22.5 Å². The van der Waals surface area contributed by atoms with E-state index < -0.39 is 0 Å². The van der Waals surface area contributed by atoms with Gasteiger partial charge in [-0.3, -0.25) is 0 Å². The molecule has 1 aromatic heterocycles. The van der Waals surface area contributed by atoms with Crippen molar-refractivity contribution in [1.29, 1.82) is 0 Å². The van der Waals surface area contributed by atoms with Crippen LogP contribution in [0.4, 0.5) is 0 Å². The lowest BCUT2D eigenvalue weighted by molar-refractivity contribution is 0.331. The van der Waals surface area contributed by atoms with Crippen LogP contribution < -0.4 is 4.74 Å². The SMILES string of the molecule is CCOc1ncnc2cc(Cl)ccc12. The number of benzene rings is 1. The van der Waals surface area contributed by atoms with Gasteiger partial charge < -0.3 is 4.74 Å². The molecule has 2 aromatic rings. The second-order valence-corrected chi connectivity index (χ2v) is 3.21. The van der Waals surface area contributed by atoms with Crippen LogP contribution in [0.5, 0.6) is 5.88 Å². The molecule has 0 spiro atoms. The minimum absolute atomic E-state index is 0.592. The van der Waals surface area contributed by atoms with E-state index in [9.17, 15) is 0 Å². The molecule has 0 aliphatic carbocycles. The van der Waals surface area contributed by atoms with Crippen LogP contribution in [0, 0.1) is 0 Å². The Kier molecular flexibility index (Phi) is 2.50. The highest BCUT2D eigenvalue weighted by atomic mass is 35.5. The van der Waals surface area contributed by atoms with Crippen molar-refractivity contribution in [3.8, 4) is 5.88 Å². The Hall–Kier alpha value is -1.35. The largest absolute Gasteiger partial charge is 0.477 e. The molecule has 0 N–H and O–H groups in total. The van der Waals surface area contributed by atoms with E-state index in [4.69, 9.17) is 16.3 Å². The zero-order chi connectivity index (χ0) is 9.97. The van der Waals surface area contributed by atoms with Crippen LogP contribution in [-0.4, -0.2) is 16.6 Å². The van der Waals surface area contributed by atoms with E-state index in [0.717, 1.165) is 10.9 Å².